The highest BCUT2D eigenvalue weighted by Gasteiger charge is 2.31. The molecule has 1 N–H and O–H groups in total. The molecule has 0 saturated carbocycles. The molecular formula is C30H21NO6. The van der Waals surface area contributed by atoms with Gasteiger partial charge in [0, 0.05) is 22.3 Å². The van der Waals surface area contributed by atoms with Crippen molar-refractivity contribution in [3.05, 3.63) is 119 Å². The standard InChI is InChI=1S/C30H21NO6/c32-26(17-37-27(33)18-36-25-16-7-6-11-20(25)19-9-2-1-3-10-19)31-24-15-8-14-23-28(24)30(35)22-13-5-4-12-21(22)29(23)34/h1-16H,17-18H2,(H,31,32). The summed E-state index contributed by atoms with van der Waals surface area (Å²) >= 11 is 0. The van der Waals surface area contributed by atoms with Crippen LogP contribution in [0.25, 0.3) is 11.1 Å². The van der Waals surface area contributed by atoms with Gasteiger partial charge in [-0.05, 0) is 17.7 Å². The van der Waals surface area contributed by atoms with E-state index in [0.29, 0.717) is 11.3 Å². The molecule has 4 aromatic rings. The molecule has 0 aromatic heterocycles. The summed E-state index contributed by atoms with van der Waals surface area (Å²) in [7, 11) is 0. The minimum atomic E-state index is -0.728. The van der Waals surface area contributed by atoms with Gasteiger partial charge in [-0.15, -0.1) is 0 Å². The van der Waals surface area contributed by atoms with Crippen LogP contribution in [0.15, 0.2) is 97.1 Å². The zero-order valence-electron chi connectivity index (χ0n) is 19.6. The molecule has 7 heteroatoms. The Labute approximate surface area is 212 Å². The van der Waals surface area contributed by atoms with Crippen LogP contribution >= 0.6 is 0 Å². The van der Waals surface area contributed by atoms with Crippen molar-refractivity contribution in [3.8, 4) is 16.9 Å². The molecule has 0 heterocycles. The summed E-state index contributed by atoms with van der Waals surface area (Å²) in [5, 5.41) is 2.58. The number of carbonyl (C=O) groups excluding carboxylic acids is 4. The average molecular weight is 491 g/mol. The van der Waals surface area contributed by atoms with Crippen molar-refractivity contribution < 1.29 is 28.7 Å². The number of amides is 1. The summed E-state index contributed by atoms with van der Waals surface area (Å²) in [6, 6.07) is 28.1. The van der Waals surface area contributed by atoms with Crippen LogP contribution < -0.4 is 10.1 Å². The van der Waals surface area contributed by atoms with Gasteiger partial charge < -0.3 is 14.8 Å². The Kier molecular flexibility index (Phi) is 6.59. The second-order valence-electron chi connectivity index (χ2n) is 8.29. The molecule has 5 rings (SSSR count). The molecule has 1 aliphatic rings. The van der Waals surface area contributed by atoms with Crippen molar-refractivity contribution in [2.45, 2.75) is 0 Å². The Hall–Kier alpha value is -5.04. The summed E-state index contributed by atoms with van der Waals surface area (Å²) in [4.78, 5) is 50.7. The van der Waals surface area contributed by atoms with Gasteiger partial charge in [-0.1, -0.05) is 84.9 Å². The van der Waals surface area contributed by atoms with Crippen molar-refractivity contribution in [1.29, 1.82) is 0 Å². The van der Waals surface area contributed by atoms with Crippen molar-refractivity contribution >= 4 is 29.1 Å². The first-order valence-corrected chi connectivity index (χ1v) is 11.6. The van der Waals surface area contributed by atoms with Crippen LogP contribution in [-0.2, 0) is 14.3 Å². The molecule has 182 valence electrons. The highest BCUT2D eigenvalue weighted by Crippen LogP contribution is 2.32. The van der Waals surface area contributed by atoms with E-state index >= 15 is 0 Å². The van der Waals surface area contributed by atoms with Crippen LogP contribution in [0.3, 0.4) is 0 Å². The monoisotopic (exact) mass is 491 g/mol. The summed E-state index contributed by atoms with van der Waals surface area (Å²) in [5.41, 5.74) is 2.87. The Balaban J connectivity index is 1.21. The minimum Gasteiger partial charge on any atom is -0.481 e. The summed E-state index contributed by atoms with van der Waals surface area (Å²) in [5.74, 6) is -1.52. The number of rotatable bonds is 7. The summed E-state index contributed by atoms with van der Waals surface area (Å²) in [6.45, 7) is -0.966. The molecule has 0 fully saturated rings. The first kappa shape index (κ1) is 23.7. The van der Waals surface area contributed by atoms with E-state index in [1.165, 1.54) is 6.07 Å². The van der Waals surface area contributed by atoms with Crippen LogP contribution in [0.1, 0.15) is 31.8 Å². The smallest absolute Gasteiger partial charge is 0.344 e. The maximum atomic E-state index is 13.1. The highest BCUT2D eigenvalue weighted by molar-refractivity contribution is 6.30. The van der Waals surface area contributed by atoms with Gasteiger partial charge in [-0.2, -0.15) is 0 Å². The SMILES string of the molecule is O=C(COC(=O)COc1ccccc1-c1ccccc1)Nc1cccc2c1C(=O)c1ccccc1C2=O. The topological polar surface area (TPSA) is 98.8 Å². The molecule has 37 heavy (non-hydrogen) atoms. The molecule has 0 atom stereocenters. The van der Waals surface area contributed by atoms with Crippen LogP contribution in [0.2, 0.25) is 0 Å². The van der Waals surface area contributed by atoms with E-state index < -0.39 is 18.5 Å². The second kappa shape index (κ2) is 10.3. The fourth-order valence-corrected chi connectivity index (χ4v) is 4.21. The van der Waals surface area contributed by atoms with E-state index in [9.17, 15) is 19.2 Å². The molecule has 0 spiro atoms. The first-order valence-electron chi connectivity index (χ1n) is 11.6. The maximum Gasteiger partial charge on any atom is 0.344 e. The predicted molar refractivity (Wildman–Crippen MR) is 137 cm³/mol. The van der Waals surface area contributed by atoms with Crippen molar-refractivity contribution in [3.63, 3.8) is 0 Å². The van der Waals surface area contributed by atoms with Crippen molar-refractivity contribution in [1.82, 2.24) is 0 Å². The molecule has 0 aliphatic heterocycles. The van der Waals surface area contributed by atoms with Gasteiger partial charge >= 0.3 is 5.97 Å². The second-order valence-corrected chi connectivity index (χ2v) is 8.29. The lowest BCUT2D eigenvalue weighted by Crippen LogP contribution is -2.26. The van der Waals surface area contributed by atoms with Gasteiger partial charge in [0.05, 0.1) is 11.3 Å². The third-order valence-electron chi connectivity index (χ3n) is 5.91. The molecule has 0 unspecified atom stereocenters. The quantitative estimate of drug-likeness (QED) is 0.332. The molecule has 0 saturated heterocycles. The van der Waals surface area contributed by atoms with E-state index in [2.05, 4.69) is 5.32 Å². The molecule has 7 nitrogen and oxygen atoms in total. The van der Waals surface area contributed by atoms with Gasteiger partial charge in [0.1, 0.15) is 5.75 Å². The number of esters is 1. The summed E-state index contributed by atoms with van der Waals surface area (Å²) < 4.78 is 10.7. The van der Waals surface area contributed by atoms with Gasteiger partial charge in [0.15, 0.2) is 24.8 Å². The number of fused-ring (bicyclic) bond motifs is 2. The van der Waals surface area contributed by atoms with Crippen molar-refractivity contribution in [2.24, 2.45) is 0 Å². The number of hydrogen-bond acceptors (Lipinski definition) is 6. The van der Waals surface area contributed by atoms with E-state index in [0.717, 1.165) is 11.1 Å². The lowest BCUT2D eigenvalue weighted by atomic mass is 9.83. The Bertz CT molecular complexity index is 1530. The third-order valence-corrected chi connectivity index (χ3v) is 5.91. The number of anilines is 1. The van der Waals surface area contributed by atoms with E-state index in [-0.39, 0.29) is 40.6 Å². The first-order chi connectivity index (χ1) is 18.0. The van der Waals surface area contributed by atoms with Crippen LogP contribution in [-0.4, -0.2) is 36.7 Å². The molecule has 0 bridgehead atoms. The van der Waals surface area contributed by atoms with Gasteiger partial charge in [-0.3, -0.25) is 14.4 Å². The Morgan fingerprint density at radius 3 is 2.00 bits per heavy atom. The van der Waals surface area contributed by atoms with Gasteiger partial charge in [0.2, 0.25) is 0 Å². The predicted octanol–water partition coefficient (Wildman–Crippen LogP) is 4.69. The summed E-state index contributed by atoms with van der Waals surface area (Å²) in [6.07, 6.45) is 0. The number of para-hydroxylation sites is 1. The largest absolute Gasteiger partial charge is 0.481 e. The van der Waals surface area contributed by atoms with E-state index in [1.54, 1.807) is 48.5 Å². The van der Waals surface area contributed by atoms with Crippen LogP contribution in [0, 0.1) is 0 Å². The van der Waals surface area contributed by atoms with Crippen molar-refractivity contribution in [2.75, 3.05) is 18.5 Å². The lowest BCUT2D eigenvalue weighted by molar-refractivity contribution is -0.149. The van der Waals surface area contributed by atoms with Gasteiger partial charge in [-0.25, -0.2) is 4.79 Å². The average Bonchev–Trinajstić information content (AvgIpc) is 2.94. The number of nitrogens with one attached hydrogen (secondary N) is 1. The Morgan fingerprint density at radius 1 is 0.622 bits per heavy atom. The lowest BCUT2D eigenvalue weighted by Gasteiger charge is -2.20. The fraction of sp³-hybridized carbons (Fsp3) is 0.0667. The fourth-order valence-electron chi connectivity index (χ4n) is 4.21. The number of ether oxygens (including phenoxy) is 2. The van der Waals surface area contributed by atoms with E-state index in [4.69, 9.17) is 9.47 Å². The van der Waals surface area contributed by atoms with Gasteiger partial charge in [0.25, 0.3) is 5.91 Å². The van der Waals surface area contributed by atoms with Crippen LogP contribution in [0.5, 0.6) is 5.75 Å². The molecule has 0 radical (unpaired) electrons. The van der Waals surface area contributed by atoms with E-state index in [1.807, 2.05) is 42.5 Å². The maximum absolute atomic E-state index is 13.1. The molecule has 1 amide bonds. The highest BCUT2D eigenvalue weighted by atomic mass is 16.6. The molecule has 1 aliphatic carbocycles. The molecule has 4 aromatic carbocycles. The zero-order valence-corrected chi connectivity index (χ0v) is 19.6. The normalized spacial score (nSPS) is 11.8. The number of carbonyl (C=O) groups is 4. The third kappa shape index (κ3) is 4.88. The number of benzene rings is 4. The minimum absolute atomic E-state index is 0.117. The van der Waals surface area contributed by atoms with Crippen LogP contribution in [0.4, 0.5) is 5.69 Å². The number of ketones is 2. The molecular weight excluding hydrogens is 470 g/mol. The Morgan fingerprint density at radius 2 is 1.24 bits per heavy atom. The zero-order chi connectivity index (χ0) is 25.8. The number of hydrogen-bond donors (Lipinski definition) is 1.